The predicted molar refractivity (Wildman–Crippen MR) is 81.6 cm³/mol. The number of unbranched alkanes of at least 4 members (excludes halogenated alkanes) is 3. The van der Waals surface area contributed by atoms with Crippen LogP contribution in [0.2, 0.25) is 0 Å². The Morgan fingerprint density at radius 2 is 1.80 bits per heavy atom. The van der Waals surface area contributed by atoms with Crippen molar-refractivity contribution in [3.8, 4) is 0 Å². The Kier molecular flexibility index (Phi) is 11.2. The molecular weight excluding hydrogens is 252 g/mol. The Labute approximate surface area is 123 Å². The zero-order valence-electron chi connectivity index (χ0n) is 12.5. The second-order valence-corrected chi connectivity index (χ2v) is 5.09. The van der Waals surface area contributed by atoms with E-state index in [-0.39, 0.29) is 6.29 Å². The van der Waals surface area contributed by atoms with Crippen molar-refractivity contribution in [1.29, 1.82) is 0 Å². The van der Waals surface area contributed by atoms with E-state index in [4.69, 9.17) is 9.47 Å². The Morgan fingerprint density at radius 3 is 2.55 bits per heavy atom. The van der Waals surface area contributed by atoms with Crippen molar-refractivity contribution in [2.75, 3.05) is 13.2 Å². The molecule has 0 aromatic heterocycles. The van der Waals surface area contributed by atoms with Crippen LogP contribution < -0.4 is 0 Å². The lowest BCUT2D eigenvalue weighted by Crippen LogP contribution is -2.22. The first-order chi connectivity index (χ1) is 9.93. The average Bonchev–Trinajstić information content (AvgIpc) is 2.49. The van der Waals surface area contributed by atoms with E-state index in [1.807, 2.05) is 0 Å². The van der Waals surface area contributed by atoms with Gasteiger partial charge in [-0.25, -0.2) is 0 Å². The Balaban J connectivity index is 1.86. The molecule has 1 unspecified atom stereocenters. The van der Waals surface area contributed by atoms with Crippen LogP contribution in [0.4, 0.5) is 0 Å². The van der Waals surface area contributed by atoms with Crippen LogP contribution in [0.5, 0.6) is 0 Å². The minimum Gasteiger partial charge on any atom is -0.353 e. The molecule has 20 heavy (non-hydrogen) atoms. The number of hydrogen-bond acceptors (Lipinski definition) is 3. The minimum absolute atomic E-state index is 0.0309. The van der Waals surface area contributed by atoms with Gasteiger partial charge in [-0.05, 0) is 51.4 Å². The zero-order chi connectivity index (χ0) is 14.3. The van der Waals surface area contributed by atoms with Crippen LogP contribution in [0, 0.1) is 0 Å². The molecule has 1 aliphatic rings. The highest BCUT2D eigenvalue weighted by Crippen LogP contribution is 2.13. The number of carbonyl (C=O) groups excluding carboxylic acids is 1. The van der Waals surface area contributed by atoms with Crippen molar-refractivity contribution < 1.29 is 14.3 Å². The summed E-state index contributed by atoms with van der Waals surface area (Å²) in [5.74, 6) is 0. The van der Waals surface area contributed by atoms with Gasteiger partial charge in [-0.2, -0.15) is 0 Å². The fourth-order valence-corrected chi connectivity index (χ4v) is 2.11. The highest BCUT2D eigenvalue weighted by atomic mass is 16.7. The first-order valence-corrected chi connectivity index (χ1v) is 7.90. The predicted octanol–water partition coefficient (Wildman–Crippen LogP) is 4.18. The SMILES string of the molecule is O=CCCCC/C=C/C/C=C/CCOC1CCCCO1. The molecule has 1 atom stereocenters. The van der Waals surface area contributed by atoms with Gasteiger partial charge >= 0.3 is 0 Å². The smallest absolute Gasteiger partial charge is 0.157 e. The lowest BCUT2D eigenvalue weighted by Gasteiger charge is -2.22. The van der Waals surface area contributed by atoms with Crippen molar-refractivity contribution in [3.05, 3.63) is 24.3 Å². The second kappa shape index (κ2) is 13.1. The summed E-state index contributed by atoms with van der Waals surface area (Å²) in [7, 11) is 0. The number of allylic oxidation sites excluding steroid dienone is 3. The summed E-state index contributed by atoms with van der Waals surface area (Å²) >= 11 is 0. The van der Waals surface area contributed by atoms with Crippen molar-refractivity contribution in [1.82, 2.24) is 0 Å². The van der Waals surface area contributed by atoms with E-state index in [0.29, 0.717) is 6.42 Å². The molecule has 0 amide bonds. The van der Waals surface area contributed by atoms with Gasteiger partial charge in [0.15, 0.2) is 6.29 Å². The summed E-state index contributed by atoms with van der Waals surface area (Å²) in [6.45, 7) is 1.59. The maximum absolute atomic E-state index is 10.1. The summed E-state index contributed by atoms with van der Waals surface area (Å²) in [5.41, 5.74) is 0. The summed E-state index contributed by atoms with van der Waals surface area (Å²) in [5, 5.41) is 0. The third-order valence-electron chi connectivity index (χ3n) is 3.27. The van der Waals surface area contributed by atoms with E-state index in [2.05, 4.69) is 24.3 Å². The molecular formula is C17H28O3. The quantitative estimate of drug-likeness (QED) is 0.323. The number of ether oxygens (including phenoxy) is 2. The molecule has 1 fully saturated rings. The molecule has 0 aliphatic carbocycles. The molecule has 0 saturated carbocycles. The second-order valence-electron chi connectivity index (χ2n) is 5.09. The fraction of sp³-hybridized carbons (Fsp3) is 0.706. The lowest BCUT2D eigenvalue weighted by atomic mass is 10.2. The van der Waals surface area contributed by atoms with Gasteiger partial charge in [-0.15, -0.1) is 0 Å². The van der Waals surface area contributed by atoms with Crippen LogP contribution in [0.25, 0.3) is 0 Å². The molecule has 1 rings (SSSR count). The molecule has 0 radical (unpaired) electrons. The van der Waals surface area contributed by atoms with E-state index in [1.165, 1.54) is 12.8 Å². The number of carbonyl (C=O) groups is 1. The molecule has 1 saturated heterocycles. The average molecular weight is 280 g/mol. The van der Waals surface area contributed by atoms with Crippen LogP contribution in [-0.2, 0) is 14.3 Å². The van der Waals surface area contributed by atoms with E-state index >= 15 is 0 Å². The Morgan fingerprint density at radius 1 is 1.00 bits per heavy atom. The molecule has 0 bridgehead atoms. The topological polar surface area (TPSA) is 35.5 Å². The van der Waals surface area contributed by atoms with Crippen LogP contribution in [0.1, 0.15) is 57.8 Å². The van der Waals surface area contributed by atoms with Crippen LogP contribution in [0.3, 0.4) is 0 Å². The van der Waals surface area contributed by atoms with Gasteiger partial charge in [0.05, 0.1) is 6.61 Å². The van der Waals surface area contributed by atoms with E-state index in [0.717, 1.165) is 58.0 Å². The number of aldehydes is 1. The largest absolute Gasteiger partial charge is 0.353 e. The molecule has 0 N–H and O–H groups in total. The maximum Gasteiger partial charge on any atom is 0.157 e. The van der Waals surface area contributed by atoms with Gasteiger partial charge in [-0.3, -0.25) is 0 Å². The van der Waals surface area contributed by atoms with E-state index < -0.39 is 0 Å². The molecule has 114 valence electrons. The summed E-state index contributed by atoms with van der Waals surface area (Å²) in [6.07, 6.45) is 19.0. The molecule has 0 aromatic rings. The lowest BCUT2D eigenvalue weighted by molar-refractivity contribution is -0.161. The molecule has 3 nitrogen and oxygen atoms in total. The third kappa shape index (κ3) is 9.93. The molecule has 1 aliphatic heterocycles. The third-order valence-corrected chi connectivity index (χ3v) is 3.27. The first-order valence-electron chi connectivity index (χ1n) is 7.90. The van der Waals surface area contributed by atoms with Gasteiger partial charge in [0.25, 0.3) is 0 Å². The summed E-state index contributed by atoms with van der Waals surface area (Å²) in [4.78, 5) is 10.1. The van der Waals surface area contributed by atoms with Crippen LogP contribution >= 0.6 is 0 Å². The highest BCUT2D eigenvalue weighted by molar-refractivity contribution is 5.48. The monoisotopic (exact) mass is 280 g/mol. The Bertz CT molecular complexity index is 278. The van der Waals surface area contributed by atoms with E-state index in [1.54, 1.807) is 0 Å². The van der Waals surface area contributed by atoms with Crippen molar-refractivity contribution in [2.45, 2.75) is 64.1 Å². The minimum atomic E-state index is 0.0309. The summed E-state index contributed by atoms with van der Waals surface area (Å²) in [6, 6.07) is 0. The van der Waals surface area contributed by atoms with Crippen molar-refractivity contribution in [3.63, 3.8) is 0 Å². The van der Waals surface area contributed by atoms with Crippen LogP contribution in [-0.4, -0.2) is 25.8 Å². The molecule has 0 aromatic carbocycles. The summed E-state index contributed by atoms with van der Waals surface area (Å²) < 4.78 is 11.1. The highest BCUT2D eigenvalue weighted by Gasteiger charge is 2.12. The van der Waals surface area contributed by atoms with Gasteiger partial charge in [-0.1, -0.05) is 24.3 Å². The molecule has 1 heterocycles. The van der Waals surface area contributed by atoms with Crippen molar-refractivity contribution >= 4 is 6.29 Å². The van der Waals surface area contributed by atoms with Crippen molar-refractivity contribution in [2.24, 2.45) is 0 Å². The van der Waals surface area contributed by atoms with Gasteiger partial charge in [0.1, 0.15) is 6.29 Å². The van der Waals surface area contributed by atoms with Gasteiger partial charge in [0.2, 0.25) is 0 Å². The first kappa shape index (κ1) is 17.1. The van der Waals surface area contributed by atoms with Gasteiger partial charge in [0, 0.05) is 13.0 Å². The van der Waals surface area contributed by atoms with Gasteiger partial charge < -0.3 is 14.3 Å². The molecule has 0 spiro atoms. The number of hydrogen-bond donors (Lipinski definition) is 0. The Hall–Kier alpha value is -0.930. The normalized spacial score (nSPS) is 19.9. The zero-order valence-corrected chi connectivity index (χ0v) is 12.5. The van der Waals surface area contributed by atoms with Crippen LogP contribution in [0.15, 0.2) is 24.3 Å². The fourth-order valence-electron chi connectivity index (χ4n) is 2.11. The maximum atomic E-state index is 10.1. The number of rotatable bonds is 11. The van der Waals surface area contributed by atoms with E-state index in [9.17, 15) is 4.79 Å². The standard InChI is InChI=1S/C17H28O3/c18-14-10-7-5-3-1-2-4-6-8-11-15-19-17-13-9-12-16-20-17/h1-2,6,8,14,17H,3-5,7,9-13,15-16H2/b2-1+,8-6+. The molecule has 3 heteroatoms.